The largest absolute Gasteiger partial charge is 0.394 e. The van der Waals surface area contributed by atoms with Gasteiger partial charge in [0.25, 0.3) is 6.43 Å². The second kappa shape index (κ2) is 6.64. The van der Waals surface area contributed by atoms with E-state index in [1.165, 1.54) is 18.6 Å². The standard InChI is InChI=1S/C16H23F2NO/c1-12-4-3-7-16(9-12,11-20)19-10-13-5-2-6-14(8-13)15(17)18/h2,5-6,8,12,15,19-20H,3-4,7,9-11H2,1H3. The molecule has 0 saturated heterocycles. The maximum absolute atomic E-state index is 12.7. The van der Waals surface area contributed by atoms with Crippen LogP contribution in [0.15, 0.2) is 24.3 Å². The highest BCUT2D eigenvalue weighted by molar-refractivity contribution is 5.24. The van der Waals surface area contributed by atoms with Crippen LogP contribution >= 0.6 is 0 Å². The van der Waals surface area contributed by atoms with Crippen molar-refractivity contribution in [2.75, 3.05) is 6.61 Å². The van der Waals surface area contributed by atoms with Crippen LogP contribution in [-0.2, 0) is 6.54 Å². The lowest BCUT2D eigenvalue weighted by Crippen LogP contribution is -2.51. The van der Waals surface area contributed by atoms with Crippen molar-refractivity contribution >= 4 is 0 Å². The minimum atomic E-state index is -2.43. The number of aliphatic hydroxyl groups is 1. The summed E-state index contributed by atoms with van der Waals surface area (Å²) in [5.74, 6) is 0.593. The minimum absolute atomic E-state index is 0.0550. The summed E-state index contributed by atoms with van der Waals surface area (Å²) in [6.07, 6.45) is 1.76. The molecule has 1 aliphatic rings. The molecule has 20 heavy (non-hydrogen) atoms. The van der Waals surface area contributed by atoms with Crippen molar-refractivity contribution in [3.8, 4) is 0 Å². The molecule has 1 aromatic carbocycles. The van der Waals surface area contributed by atoms with Crippen LogP contribution in [0.1, 0.15) is 50.2 Å². The Hall–Kier alpha value is -1.00. The van der Waals surface area contributed by atoms with Gasteiger partial charge in [0.05, 0.1) is 6.61 Å². The van der Waals surface area contributed by atoms with Crippen molar-refractivity contribution in [1.29, 1.82) is 0 Å². The number of aliphatic hydroxyl groups excluding tert-OH is 1. The molecule has 2 unspecified atom stereocenters. The molecular weight excluding hydrogens is 260 g/mol. The maximum atomic E-state index is 12.7. The molecule has 1 saturated carbocycles. The summed E-state index contributed by atoms with van der Waals surface area (Å²) in [6.45, 7) is 2.82. The first-order valence-corrected chi connectivity index (χ1v) is 7.27. The van der Waals surface area contributed by atoms with Gasteiger partial charge in [0.2, 0.25) is 0 Å². The molecule has 0 aromatic heterocycles. The number of rotatable bonds is 5. The first-order chi connectivity index (χ1) is 9.54. The maximum Gasteiger partial charge on any atom is 0.263 e. The van der Waals surface area contributed by atoms with E-state index in [0.29, 0.717) is 12.5 Å². The summed E-state index contributed by atoms with van der Waals surface area (Å²) < 4.78 is 25.3. The van der Waals surface area contributed by atoms with E-state index in [9.17, 15) is 13.9 Å². The lowest BCUT2D eigenvalue weighted by molar-refractivity contribution is 0.0982. The quantitative estimate of drug-likeness (QED) is 0.864. The van der Waals surface area contributed by atoms with Crippen LogP contribution < -0.4 is 5.32 Å². The molecular formula is C16H23F2NO. The van der Waals surface area contributed by atoms with Gasteiger partial charge in [-0.3, -0.25) is 0 Å². The Bertz CT molecular complexity index is 438. The number of nitrogens with one attached hydrogen (secondary N) is 1. The summed E-state index contributed by atoms with van der Waals surface area (Å²) in [5, 5.41) is 13.1. The first kappa shape index (κ1) is 15.4. The van der Waals surface area contributed by atoms with Crippen LogP contribution in [0.3, 0.4) is 0 Å². The van der Waals surface area contributed by atoms with Crippen LogP contribution in [0.25, 0.3) is 0 Å². The third-order valence-corrected chi connectivity index (χ3v) is 4.26. The SMILES string of the molecule is CC1CCCC(CO)(NCc2cccc(C(F)F)c2)C1. The predicted molar refractivity (Wildman–Crippen MR) is 75.7 cm³/mol. The number of halogens is 2. The Balaban J connectivity index is 2.01. The average Bonchev–Trinajstić information content (AvgIpc) is 2.45. The number of alkyl halides is 2. The van der Waals surface area contributed by atoms with Gasteiger partial charge >= 0.3 is 0 Å². The molecule has 1 aliphatic carbocycles. The molecule has 2 atom stereocenters. The summed E-state index contributed by atoms with van der Waals surface area (Å²) in [5.41, 5.74) is 0.645. The number of benzene rings is 1. The zero-order chi connectivity index (χ0) is 14.6. The smallest absolute Gasteiger partial charge is 0.263 e. The Morgan fingerprint density at radius 2 is 2.25 bits per heavy atom. The second-order valence-corrected chi connectivity index (χ2v) is 6.04. The van der Waals surface area contributed by atoms with Crippen LogP contribution in [0.5, 0.6) is 0 Å². The van der Waals surface area contributed by atoms with Crippen molar-refractivity contribution in [3.05, 3.63) is 35.4 Å². The molecule has 0 radical (unpaired) electrons. The van der Waals surface area contributed by atoms with Gasteiger partial charge in [-0.05, 0) is 30.4 Å². The molecule has 0 aliphatic heterocycles. The number of hydrogen-bond donors (Lipinski definition) is 2. The summed E-state index contributed by atoms with van der Waals surface area (Å²) in [4.78, 5) is 0. The molecule has 112 valence electrons. The van der Waals surface area contributed by atoms with E-state index < -0.39 is 6.43 Å². The van der Waals surface area contributed by atoms with Gasteiger partial charge in [0, 0.05) is 17.6 Å². The van der Waals surface area contributed by atoms with E-state index in [1.807, 2.05) is 6.07 Å². The highest BCUT2D eigenvalue weighted by Crippen LogP contribution is 2.32. The van der Waals surface area contributed by atoms with Gasteiger partial charge in [-0.15, -0.1) is 0 Å². The lowest BCUT2D eigenvalue weighted by atomic mass is 9.77. The van der Waals surface area contributed by atoms with Crippen LogP contribution in [0.2, 0.25) is 0 Å². The van der Waals surface area contributed by atoms with Gasteiger partial charge in [-0.2, -0.15) is 0 Å². The van der Waals surface area contributed by atoms with E-state index in [-0.39, 0.29) is 17.7 Å². The zero-order valence-corrected chi connectivity index (χ0v) is 11.9. The zero-order valence-electron chi connectivity index (χ0n) is 11.9. The van der Waals surface area contributed by atoms with Crippen LogP contribution in [0.4, 0.5) is 8.78 Å². The first-order valence-electron chi connectivity index (χ1n) is 7.27. The molecule has 2 N–H and O–H groups in total. The fourth-order valence-corrected chi connectivity index (χ4v) is 3.15. The highest BCUT2D eigenvalue weighted by Gasteiger charge is 2.33. The molecule has 0 spiro atoms. The summed E-state index contributed by atoms with van der Waals surface area (Å²) in [7, 11) is 0. The third kappa shape index (κ3) is 3.76. The topological polar surface area (TPSA) is 32.3 Å². The van der Waals surface area contributed by atoms with Gasteiger partial charge in [-0.1, -0.05) is 38.0 Å². The van der Waals surface area contributed by atoms with E-state index in [1.54, 1.807) is 6.07 Å². The molecule has 0 heterocycles. The van der Waals surface area contributed by atoms with Crippen molar-refractivity contribution < 1.29 is 13.9 Å². The van der Waals surface area contributed by atoms with E-state index in [2.05, 4.69) is 12.2 Å². The molecule has 0 amide bonds. The van der Waals surface area contributed by atoms with Gasteiger partial charge in [-0.25, -0.2) is 8.78 Å². The van der Waals surface area contributed by atoms with Crippen LogP contribution in [-0.4, -0.2) is 17.3 Å². The fraction of sp³-hybridized carbons (Fsp3) is 0.625. The normalized spacial score (nSPS) is 26.9. The van der Waals surface area contributed by atoms with Crippen molar-refractivity contribution in [2.45, 2.75) is 51.1 Å². The molecule has 4 heteroatoms. The lowest BCUT2D eigenvalue weighted by Gasteiger charge is -2.39. The fourth-order valence-electron chi connectivity index (χ4n) is 3.15. The summed E-state index contributed by atoms with van der Waals surface area (Å²) >= 11 is 0. The monoisotopic (exact) mass is 283 g/mol. The predicted octanol–water partition coefficient (Wildman–Crippen LogP) is 3.66. The van der Waals surface area contributed by atoms with Crippen molar-refractivity contribution in [2.24, 2.45) is 5.92 Å². The highest BCUT2D eigenvalue weighted by atomic mass is 19.3. The molecule has 0 bridgehead atoms. The van der Waals surface area contributed by atoms with Gasteiger partial charge in [0.15, 0.2) is 0 Å². The third-order valence-electron chi connectivity index (χ3n) is 4.26. The Labute approximate surface area is 119 Å². The Morgan fingerprint density at radius 3 is 2.90 bits per heavy atom. The molecule has 1 aromatic rings. The molecule has 2 rings (SSSR count). The van der Waals surface area contributed by atoms with Crippen molar-refractivity contribution in [3.63, 3.8) is 0 Å². The van der Waals surface area contributed by atoms with E-state index >= 15 is 0 Å². The van der Waals surface area contributed by atoms with E-state index in [4.69, 9.17) is 0 Å². The minimum Gasteiger partial charge on any atom is -0.394 e. The van der Waals surface area contributed by atoms with E-state index in [0.717, 1.165) is 24.8 Å². The Kier molecular flexibility index (Phi) is 5.11. The average molecular weight is 283 g/mol. The van der Waals surface area contributed by atoms with Crippen LogP contribution in [0, 0.1) is 5.92 Å². The van der Waals surface area contributed by atoms with Gasteiger partial charge < -0.3 is 10.4 Å². The summed E-state index contributed by atoms with van der Waals surface area (Å²) in [6, 6.07) is 6.48. The molecule has 2 nitrogen and oxygen atoms in total. The number of hydrogen-bond acceptors (Lipinski definition) is 2. The van der Waals surface area contributed by atoms with Gasteiger partial charge in [0.1, 0.15) is 0 Å². The second-order valence-electron chi connectivity index (χ2n) is 6.04. The Morgan fingerprint density at radius 1 is 1.45 bits per heavy atom. The molecule has 1 fully saturated rings. The van der Waals surface area contributed by atoms with Crippen molar-refractivity contribution in [1.82, 2.24) is 5.32 Å².